The molecule has 80 valence electrons. The molecule has 0 heterocycles. The van der Waals surface area contributed by atoms with Gasteiger partial charge in [-0.05, 0) is 13.0 Å². The number of unbranched alkanes of at least 4 members (excludes halogenated alkanes) is 5. The van der Waals surface area contributed by atoms with Crippen LogP contribution in [0.3, 0.4) is 0 Å². The van der Waals surface area contributed by atoms with Crippen LogP contribution in [0.2, 0.25) is 0 Å². The zero-order valence-corrected chi connectivity index (χ0v) is 9.10. The van der Waals surface area contributed by atoms with E-state index >= 15 is 0 Å². The molecule has 0 unspecified atom stereocenters. The summed E-state index contributed by atoms with van der Waals surface area (Å²) in [7, 11) is 0. The molecule has 0 aliphatic heterocycles. The van der Waals surface area contributed by atoms with Crippen LogP contribution in [0.5, 0.6) is 0 Å². The Morgan fingerprint density at radius 2 is 1.46 bits per heavy atom. The lowest BCUT2D eigenvalue weighted by Crippen LogP contribution is -1.97. The van der Waals surface area contributed by atoms with Crippen molar-refractivity contribution < 1.29 is 0 Å². The van der Waals surface area contributed by atoms with Gasteiger partial charge in [-0.2, -0.15) is 0 Å². The van der Waals surface area contributed by atoms with Crippen LogP contribution in [0.15, 0.2) is 12.7 Å². The van der Waals surface area contributed by atoms with Gasteiger partial charge in [-0.25, -0.2) is 0 Å². The third-order valence-electron chi connectivity index (χ3n) is 1.72. The second-order valence-electron chi connectivity index (χ2n) is 3.08. The maximum Gasteiger partial charge on any atom is 0.0104 e. The number of hydrogen-bond donors (Lipinski definition) is 2. The van der Waals surface area contributed by atoms with Gasteiger partial charge in [0.25, 0.3) is 0 Å². The molecule has 13 heavy (non-hydrogen) atoms. The summed E-state index contributed by atoms with van der Waals surface area (Å²) in [5, 5.41) is 0. The van der Waals surface area contributed by atoms with Crippen LogP contribution in [0.1, 0.15) is 45.4 Å². The maximum atomic E-state index is 5.34. The van der Waals surface area contributed by atoms with Crippen molar-refractivity contribution in [3.05, 3.63) is 12.7 Å². The molecule has 2 heteroatoms. The molecule has 0 aliphatic rings. The predicted molar refractivity (Wildman–Crippen MR) is 61.7 cm³/mol. The first kappa shape index (κ1) is 15.1. The second-order valence-corrected chi connectivity index (χ2v) is 3.08. The highest BCUT2D eigenvalue weighted by atomic mass is 14.5. The van der Waals surface area contributed by atoms with Crippen LogP contribution in [0.4, 0.5) is 0 Å². The van der Waals surface area contributed by atoms with Crippen molar-refractivity contribution >= 4 is 0 Å². The van der Waals surface area contributed by atoms with E-state index in [4.69, 9.17) is 11.5 Å². The average Bonchev–Trinajstić information content (AvgIpc) is 2.18. The van der Waals surface area contributed by atoms with Crippen molar-refractivity contribution in [3.8, 4) is 0 Å². The van der Waals surface area contributed by atoms with Crippen LogP contribution in [-0.4, -0.2) is 13.1 Å². The summed E-state index contributed by atoms with van der Waals surface area (Å²) in [6.07, 6.45) is 9.70. The van der Waals surface area contributed by atoms with E-state index in [0.717, 1.165) is 6.54 Å². The molecule has 0 aromatic heterocycles. The third-order valence-corrected chi connectivity index (χ3v) is 1.72. The minimum Gasteiger partial charge on any atom is -0.330 e. The molecule has 0 aromatic carbocycles. The second kappa shape index (κ2) is 17.7. The van der Waals surface area contributed by atoms with Crippen LogP contribution < -0.4 is 11.5 Å². The van der Waals surface area contributed by atoms with Crippen molar-refractivity contribution in [2.75, 3.05) is 13.1 Å². The highest BCUT2D eigenvalue weighted by molar-refractivity contribution is 4.64. The van der Waals surface area contributed by atoms with Crippen molar-refractivity contribution in [2.45, 2.75) is 45.4 Å². The van der Waals surface area contributed by atoms with Gasteiger partial charge in [0.05, 0.1) is 0 Å². The monoisotopic (exact) mass is 186 g/mol. The number of rotatable bonds is 7. The molecule has 0 radical (unpaired) electrons. The quantitative estimate of drug-likeness (QED) is 0.474. The fourth-order valence-electron chi connectivity index (χ4n) is 0.925. The van der Waals surface area contributed by atoms with Crippen LogP contribution in [-0.2, 0) is 0 Å². The molecule has 0 spiro atoms. The van der Waals surface area contributed by atoms with E-state index in [0.29, 0.717) is 6.54 Å². The number of hydrogen-bond acceptors (Lipinski definition) is 2. The smallest absolute Gasteiger partial charge is 0.0104 e. The predicted octanol–water partition coefficient (Wildman–Crippen LogP) is 2.44. The van der Waals surface area contributed by atoms with Gasteiger partial charge in [-0.1, -0.05) is 45.1 Å². The van der Waals surface area contributed by atoms with Gasteiger partial charge < -0.3 is 11.5 Å². The third kappa shape index (κ3) is 24.5. The standard InChI is InChI=1S/C8H19N.C3H7N/c1-2-3-4-5-6-7-8-9;1-2-3-4/h2-9H2,1H3;2H,1,3-4H2. The number of nitrogens with two attached hydrogens (primary N) is 2. The molecule has 0 saturated carbocycles. The van der Waals surface area contributed by atoms with E-state index in [1.165, 1.54) is 38.5 Å². The van der Waals surface area contributed by atoms with Gasteiger partial charge in [0.15, 0.2) is 0 Å². The summed E-state index contributed by atoms with van der Waals surface area (Å²) in [5.74, 6) is 0. The first-order valence-electron chi connectivity index (χ1n) is 5.34. The molecule has 0 atom stereocenters. The van der Waals surface area contributed by atoms with Gasteiger partial charge in [0, 0.05) is 6.54 Å². The van der Waals surface area contributed by atoms with Crippen molar-refractivity contribution in [2.24, 2.45) is 11.5 Å². The normalized spacial score (nSPS) is 8.85. The highest BCUT2D eigenvalue weighted by Crippen LogP contribution is 2.03. The maximum absolute atomic E-state index is 5.34. The summed E-state index contributed by atoms with van der Waals surface area (Å²) >= 11 is 0. The zero-order valence-electron chi connectivity index (χ0n) is 9.10. The molecule has 4 N–H and O–H groups in total. The van der Waals surface area contributed by atoms with Crippen LogP contribution in [0.25, 0.3) is 0 Å². The Balaban J connectivity index is 0. The van der Waals surface area contributed by atoms with E-state index in [1.54, 1.807) is 6.08 Å². The van der Waals surface area contributed by atoms with Crippen molar-refractivity contribution in [1.82, 2.24) is 0 Å². The van der Waals surface area contributed by atoms with Gasteiger partial charge in [0.1, 0.15) is 0 Å². The molecular formula is C11H26N2. The van der Waals surface area contributed by atoms with Gasteiger partial charge >= 0.3 is 0 Å². The zero-order chi connectivity index (χ0) is 10.4. The molecule has 0 fully saturated rings. The van der Waals surface area contributed by atoms with E-state index in [-0.39, 0.29) is 0 Å². The molecular weight excluding hydrogens is 160 g/mol. The molecule has 0 aromatic rings. The Kier molecular flexibility index (Phi) is 20.6. The molecule has 0 amide bonds. The van der Waals surface area contributed by atoms with Crippen molar-refractivity contribution in [3.63, 3.8) is 0 Å². The lowest BCUT2D eigenvalue weighted by Gasteiger charge is -1.96. The van der Waals surface area contributed by atoms with Crippen LogP contribution in [0, 0.1) is 0 Å². The molecule has 0 rings (SSSR count). The minimum atomic E-state index is 0.583. The molecule has 0 saturated heterocycles. The van der Waals surface area contributed by atoms with Crippen molar-refractivity contribution in [1.29, 1.82) is 0 Å². The average molecular weight is 186 g/mol. The lowest BCUT2D eigenvalue weighted by molar-refractivity contribution is 0.612. The Morgan fingerprint density at radius 1 is 1.00 bits per heavy atom. The topological polar surface area (TPSA) is 52.0 Å². The first-order valence-corrected chi connectivity index (χ1v) is 5.34. The Bertz CT molecular complexity index is 76.2. The summed E-state index contributed by atoms with van der Waals surface area (Å²) in [6, 6.07) is 0. The summed E-state index contributed by atoms with van der Waals surface area (Å²) < 4.78 is 0. The van der Waals surface area contributed by atoms with Gasteiger partial charge in [-0.15, -0.1) is 6.58 Å². The largest absolute Gasteiger partial charge is 0.330 e. The minimum absolute atomic E-state index is 0.583. The van der Waals surface area contributed by atoms with E-state index in [2.05, 4.69) is 13.5 Å². The summed E-state index contributed by atoms with van der Waals surface area (Å²) in [5.41, 5.74) is 10.3. The lowest BCUT2D eigenvalue weighted by atomic mass is 10.1. The molecule has 2 nitrogen and oxygen atoms in total. The van der Waals surface area contributed by atoms with E-state index in [9.17, 15) is 0 Å². The van der Waals surface area contributed by atoms with Gasteiger partial charge in [0.2, 0.25) is 0 Å². The Morgan fingerprint density at radius 3 is 1.85 bits per heavy atom. The van der Waals surface area contributed by atoms with Crippen LogP contribution >= 0.6 is 0 Å². The summed E-state index contributed by atoms with van der Waals surface area (Å²) in [6.45, 7) is 7.04. The Hall–Kier alpha value is -0.340. The Labute approximate surface area is 83.4 Å². The fourth-order valence-corrected chi connectivity index (χ4v) is 0.925. The highest BCUT2D eigenvalue weighted by Gasteiger charge is 1.85. The summed E-state index contributed by atoms with van der Waals surface area (Å²) in [4.78, 5) is 0. The van der Waals surface area contributed by atoms with E-state index < -0.39 is 0 Å². The molecule has 0 bridgehead atoms. The van der Waals surface area contributed by atoms with E-state index in [1.807, 2.05) is 0 Å². The molecule has 0 aliphatic carbocycles. The SMILES string of the molecule is C=CCN.CCCCCCCCN. The first-order chi connectivity index (χ1) is 6.33. The van der Waals surface area contributed by atoms with Gasteiger partial charge in [-0.3, -0.25) is 0 Å². The fraction of sp³-hybridized carbons (Fsp3) is 0.818.